The highest BCUT2D eigenvalue weighted by atomic mass is 16.2. The molecule has 1 saturated carbocycles. The zero-order chi connectivity index (χ0) is 16.4. The van der Waals surface area contributed by atoms with Gasteiger partial charge in [-0.3, -0.25) is 9.59 Å². The van der Waals surface area contributed by atoms with Crippen molar-refractivity contribution >= 4 is 18.1 Å². The summed E-state index contributed by atoms with van der Waals surface area (Å²) in [6.07, 6.45) is 3.08. The van der Waals surface area contributed by atoms with Crippen LogP contribution in [-0.4, -0.2) is 47.5 Å². The Morgan fingerprint density at radius 3 is 2.70 bits per heavy atom. The number of rotatable bonds is 5. The van der Waals surface area contributed by atoms with Crippen molar-refractivity contribution in [3.63, 3.8) is 0 Å². The zero-order valence-corrected chi connectivity index (χ0v) is 13.4. The van der Waals surface area contributed by atoms with Crippen LogP contribution in [0.3, 0.4) is 0 Å². The first-order valence-corrected chi connectivity index (χ1v) is 8.16. The van der Waals surface area contributed by atoms with Gasteiger partial charge in [-0.2, -0.15) is 0 Å². The molecule has 0 radical (unpaired) electrons. The van der Waals surface area contributed by atoms with Gasteiger partial charge >= 0.3 is 0 Å². The van der Waals surface area contributed by atoms with E-state index in [1.54, 1.807) is 16.8 Å². The quantitative estimate of drug-likeness (QED) is 0.773. The SMILES string of the molecule is CN(Cc1ccccc1)C(=O)C1CC1C(=O)N1CCC[C@H]1C=O. The van der Waals surface area contributed by atoms with E-state index in [0.717, 1.165) is 24.7 Å². The van der Waals surface area contributed by atoms with Gasteiger partial charge in [0.25, 0.3) is 0 Å². The van der Waals surface area contributed by atoms with Crippen molar-refractivity contribution in [1.29, 1.82) is 0 Å². The van der Waals surface area contributed by atoms with Gasteiger partial charge in [-0.25, -0.2) is 0 Å². The standard InChI is InChI=1S/C18H22N2O3/c1-19(11-13-6-3-2-4-7-13)17(22)15-10-16(15)18(23)20-9-5-8-14(20)12-21/h2-4,6-7,12,14-16H,5,8-11H2,1H3/t14-,15?,16?/m0/s1. The summed E-state index contributed by atoms with van der Waals surface area (Å²) in [5.41, 5.74) is 1.08. The van der Waals surface area contributed by atoms with Gasteiger partial charge in [0.2, 0.25) is 11.8 Å². The molecule has 1 heterocycles. The molecule has 0 spiro atoms. The van der Waals surface area contributed by atoms with Crippen molar-refractivity contribution in [2.45, 2.75) is 31.8 Å². The summed E-state index contributed by atoms with van der Waals surface area (Å²) in [6.45, 7) is 1.19. The van der Waals surface area contributed by atoms with E-state index in [4.69, 9.17) is 0 Å². The minimum Gasteiger partial charge on any atom is -0.341 e. The molecule has 2 amide bonds. The molecule has 23 heavy (non-hydrogen) atoms. The van der Waals surface area contributed by atoms with Crippen LogP contribution in [0, 0.1) is 11.8 Å². The fourth-order valence-corrected chi connectivity index (χ4v) is 3.38. The van der Waals surface area contributed by atoms with Crippen molar-refractivity contribution in [2.24, 2.45) is 11.8 Å². The van der Waals surface area contributed by atoms with Crippen LogP contribution in [-0.2, 0) is 20.9 Å². The number of aldehydes is 1. The van der Waals surface area contributed by atoms with Gasteiger partial charge in [-0.1, -0.05) is 30.3 Å². The van der Waals surface area contributed by atoms with Crippen LogP contribution < -0.4 is 0 Å². The monoisotopic (exact) mass is 314 g/mol. The predicted molar refractivity (Wildman–Crippen MR) is 85.3 cm³/mol. The topological polar surface area (TPSA) is 57.7 Å². The fourth-order valence-electron chi connectivity index (χ4n) is 3.38. The minimum absolute atomic E-state index is 0.0222. The molecule has 0 bridgehead atoms. The average molecular weight is 314 g/mol. The highest BCUT2D eigenvalue weighted by molar-refractivity contribution is 5.93. The maximum absolute atomic E-state index is 12.5. The van der Waals surface area contributed by atoms with Gasteiger partial charge in [0.15, 0.2) is 0 Å². The summed E-state index contributed by atoms with van der Waals surface area (Å²) >= 11 is 0. The molecule has 0 aromatic heterocycles. The molecule has 1 saturated heterocycles. The highest BCUT2D eigenvalue weighted by Gasteiger charge is 2.51. The Morgan fingerprint density at radius 2 is 2.00 bits per heavy atom. The van der Waals surface area contributed by atoms with Crippen LogP contribution in [0.15, 0.2) is 30.3 Å². The molecule has 5 nitrogen and oxygen atoms in total. The molecule has 2 fully saturated rings. The molecular weight excluding hydrogens is 292 g/mol. The van der Waals surface area contributed by atoms with Crippen LogP contribution >= 0.6 is 0 Å². The number of amides is 2. The van der Waals surface area contributed by atoms with E-state index in [1.165, 1.54) is 0 Å². The molecule has 1 aliphatic heterocycles. The van der Waals surface area contributed by atoms with Crippen LogP contribution in [0.5, 0.6) is 0 Å². The van der Waals surface area contributed by atoms with Gasteiger partial charge < -0.3 is 14.6 Å². The van der Waals surface area contributed by atoms with Gasteiger partial charge in [-0.15, -0.1) is 0 Å². The summed E-state index contributed by atoms with van der Waals surface area (Å²) in [6, 6.07) is 9.52. The second-order valence-corrected chi connectivity index (χ2v) is 6.51. The van der Waals surface area contributed by atoms with E-state index in [9.17, 15) is 14.4 Å². The second-order valence-electron chi connectivity index (χ2n) is 6.51. The smallest absolute Gasteiger partial charge is 0.227 e. The lowest BCUT2D eigenvalue weighted by atomic mass is 10.2. The summed E-state index contributed by atoms with van der Waals surface area (Å²) in [5.74, 6) is -0.453. The van der Waals surface area contributed by atoms with Crippen LogP contribution in [0.4, 0.5) is 0 Å². The van der Waals surface area contributed by atoms with Crippen molar-refractivity contribution in [3.8, 4) is 0 Å². The number of hydrogen-bond acceptors (Lipinski definition) is 3. The lowest BCUT2D eigenvalue weighted by molar-refractivity contribution is -0.139. The number of carbonyl (C=O) groups excluding carboxylic acids is 3. The minimum atomic E-state index is -0.291. The Hall–Kier alpha value is -2.17. The molecular formula is C18H22N2O3. The van der Waals surface area contributed by atoms with Crippen LogP contribution in [0.1, 0.15) is 24.8 Å². The molecule has 1 aliphatic carbocycles. The fraction of sp³-hybridized carbons (Fsp3) is 0.500. The average Bonchev–Trinajstić information content (AvgIpc) is 3.22. The van der Waals surface area contributed by atoms with E-state index in [2.05, 4.69) is 0 Å². The number of hydrogen-bond donors (Lipinski definition) is 0. The Balaban J connectivity index is 1.56. The van der Waals surface area contributed by atoms with Crippen molar-refractivity contribution < 1.29 is 14.4 Å². The lowest BCUT2D eigenvalue weighted by Gasteiger charge is -2.21. The maximum Gasteiger partial charge on any atom is 0.227 e. The number of benzene rings is 1. The zero-order valence-electron chi connectivity index (χ0n) is 13.4. The van der Waals surface area contributed by atoms with E-state index < -0.39 is 0 Å². The first-order valence-electron chi connectivity index (χ1n) is 8.16. The molecule has 0 N–H and O–H groups in total. The number of nitrogens with zero attached hydrogens (tertiary/aromatic N) is 2. The normalized spacial score (nSPS) is 26.0. The molecule has 1 aromatic rings. The molecule has 3 rings (SSSR count). The Bertz CT molecular complexity index is 602. The second kappa shape index (κ2) is 6.52. The third-order valence-corrected chi connectivity index (χ3v) is 4.80. The third-order valence-electron chi connectivity index (χ3n) is 4.80. The summed E-state index contributed by atoms with van der Waals surface area (Å²) in [7, 11) is 1.78. The molecule has 2 aliphatic rings. The van der Waals surface area contributed by atoms with Gasteiger partial charge in [0.05, 0.1) is 17.9 Å². The Kier molecular flexibility index (Phi) is 4.46. The van der Waals surface area contributed by atoms with Crippen LogP contribution in [0.2, 0.25) is 0 Å². The number of likely N-dealkylation sites (tertiary alicyclic amines) is 1. The van der Waals surface area contributed by atoms with Crippen molar-refractivity contribution in [3.05, 3.63) is 35.9 Å². The van der Waals surface area contributed by atoms with E-state index >= 15 is 0 Å². The van der Waals surface area contributed by atoms with E-state index in [1.807, 2.05) is 30.3 Å². The van der Waals surface area contributed by atoms with Gasteiger partial charge in [0.1, 0.15) is 6.29 Å². The van der Waals surface area contributed by atoms with Gasteiger partial charge in [-0.05, 0) is 24.8 Å². The lowest BCUT2D eigenvalue weighted by Crippen LogP contribution is -2.38. The Morgan fingerprint density at radius 1 is 1.26 bits per heavy atom. The maximum atomic E-state index is 12.5. The highest BCUT2D eigenvalue weighted by Crippen LogP contribution is 2.42. The third kappa shape index (κ3) is 3.28. The molecule has 2 unspecified atom stereocenters. The summed E-state index contributed by atoms with van der Waals surface area (Å²) < 4.78 is 0. The van der Waals surface area contributed by atoms with Crippen molar-refractivity contribution in [2.75, 3.05) is 13.6 Å². The Labute approximate surface area is 136 Å². The van der Waals surface area contributed by atoms with Crippen molar-refractivity contribution in [1.82, 2.24) is 9.80 Å². The predicted octanol–water partition coefficient (Wildman–Crippen LogP) is 1.47. The number of carbonyl (C=O) groups is 3. The molecule has 3 atom stereocenters. The molecule has 1 aromatic carbocycles. The van der Waals surface area contributed by atoms with Crippen LogP contribution in [0.25, 0.3) is 0 Å². The molecule has 122 valence electrons. The first-order chi connectivity index (χ1) is 11.1. The molecule has 5 heteroatoms. The summed E-state index contributed by atoms with van der Waals surface area (Å²) in [5, 5.41) is 0. The summed E-state index contributed by atoms with van der Waals surface area (Å²) in [4.78, 5) is 39.3. The van der Waals surface area contributed by atoms with E-state index in [0.29, 0.717) is 19.5 Å². The van der Waals surface area contributed by atoms with Gasteiger partial charge in [0, 0.05) is 20.1 Å². The van der Waals surface area contributed by atoms with E-state index in [-0.39, 0.29) is 29.7 Å². The first kappa shape index (κ1) is 15.7. The largest absolute Gasteiger partial charge is 0.341 e.